The highest BCUT2D eigenvalue weighted by Crippen LogP contribution is 2.01. The van der Waals surface area contributed by atoms with Crippen LogP contribution in [0.25, 0.3) is 0 Å². The SMILES string of the molecule is CCn1cccc1CNCCS(C)(=O)=O. The zero-order valence-electron chi connectivity index (χ0n) is 9.23. The van der Waals surface area contributed by atoms with E-state index in [0.717, 1.165) is 13.1 Å². The summed E-state index contributed by atoms with van der Waals surface area (Å²) < 4.78 is 23.9. The molecule has 0 aliphatic rings. The van der Waals surface area contributed by atoms with Crippen LogP contribution >= 0.6 is 0 Å². The third kappa shape index (κ3) is 4.48. The minimum absolute atomic E-state index is 0.194. The molecule has 0 unspecified atom stereocenters. The van der Waals surface area contributed by atoms with Crippen molar-refractivity contribution in [2.75, 3.05) is 18.6 Å². The van der Waals surface area contributed by atoms with Crippen LogP contribution < -0.4 is 5.32 Å². The van der Waals surface area contributed by atoms with Crippen LogP contribution in [0.3, 0.4) is 0 Å². The molecule has 1 aromatic rings. The molecule has 1 rings (SSSR count). The van der Waals surface area contributed by atoms with Crippen molar-refractivity contribution < 1.29 is 8.42 Å². The van der Waals surface area contributed by atoms with Gasteiger partial charge in [-0.2, -0.15) is 0 Å². The van der Waals surface area contributed by atoms with Gasteiger partial charge in [-0.15, -0.1) is 0 Å². The Morgan fingerprint density at radius 1 is 1.47 bits per heavy atom. The van der Waals surface area contributed by atoms with Crippen LogP contribution in [-0.2, 0) is 22.9 Å². The largest absolute Gasteiger partial charge is 0.351 e. The molecule has 0 aromatic carbocycles. The van der Waals surface area contributed by atoms with Gasteiger partial charge < -0.3 is 9.88 Å². The second-order valence-corrected chi connectivity index (χ2v) is 5.85. The van der Waals surface area contributed by atoms with Gasteiger partial charge in [0.2, 0.25) is 0 Å². The summed E-state index contributed by atoms with van der Waals surface area (Å²) in [6.45, 7) is 4.25. The van der Waals surface area contributed by atoms with Gasteiger partial charge in [-0.05, 0) is 19.1 Å². The first-order valence-electron chi connectivity index (χ1n) is 5.05. The third-order valence-corrected chi connectivity index (χ3v) is 3.17. The molecule has 86 valence electrons. The van der Waals surface area contributed by atoms with Gasteiger partial charge in [-0.3, -0.25) is 0 Å². The van der Waals surface area contributed by atoms with Gasteiger partial charge in [-0.1, -0.05) is 0 Å². The summed E-state index contributed by atoms with van der Waals surface area (Å²) in [4.78, 5) is 0. The van der Waals surface area contributed by atoms with Gasteiger partial charge in [0.1, 0.15) is 9.84 Å². The Hall–Kier alpha value is -0.810. The van der Waals surface area contributed by atoms with Crippen LogP contribution in [0.4, 0.5) is 0 Å². The standard InChI is InChI=1S/C10H18N2O2S/c1-3-12-7-4-5-10(12)9-11-6-8-15(2,13)14/h4-5,7,11H,3,6,8-9H2,1-2H3. The second-order valence-electron chi connectivity index (χ2n) is 3.59. The third-order valence-electron chi connectivity index (χ3n) is 2.22. The summed E-state index contributed by atoms with van der Waals surface area (Å²) in [5.74, 6) is 0.194. The van der Waals surface area contributed by atoms with Gasteiger partial charge in [0.05, 0.1) is 5.75 Å². The molecule has 0 amide bonds. The molecule has 1 N–H and O–H groups in total. The van der Waals surface area contributed by atoms with E-state index < -0.39 is 9.84 Å². The number of aromatic nitrogens is 1. The number of nitrogens with zero attached hydrogens (tertiary/aromatic N) is 1. The Morgan fingerprint density at radius 2 is 2.20 bits per heavy atom. The Morgan fingerprint density at radius 3 is 2.80 bits per heavy atom. The maximum atomic E-state index is 10.9. The van der Waals surface area contributed by atoms with Gasteiger partial charge in [0, 0.05) is 37.8 Å². The number of aryl methyl sites for hydroxylation is 1. The summed E-state index contributed by atoms with van der Waals surface area (Å²) in [6, 6.07) is 4.04. The minimum atomic E-state index is -2.85. The predicted octanol–water partition coefficient (Wildman–Crippen LogP) is 0.642. The Labute approximate surface area is 91.2 Å². The fourth-order valence-electron chi connectivity index (χ4n) is 1.39. The fraction of sp³-hybridized carbons (Fsp3) is 0.600. The molecule has 0 spiro atoms. The minimum Gasteiger partial charge on any atom is -0.351 e. The molecular formula is C10H18N2O2S. The lowest BCUT2D eigenvalue weighted by Crippen LogP contribution is -2.23. The van der Waals surface area contributed by atoms with Gasteiger partial charge in [0.25, 0.3) is 0 Å². The topological polar surface area (TPSA) is 51.1 Å². The van der Waals surface area contributed by atoms with E-state index >= 15 is 0 Å². The lowest BCUT2D eigenvalue weighted by molar-refractivity contribution is 0.593. The number of sulfone groups is 1. The van der Waals surface area contributed by atoms with E-state index in [0.29, 0.717) is 6.54 Å². The maximum absolute atomic E-state index is 10.9. The van der Waals surface area contributed by atoms with E-state index in [9.17, 15) is 8.42 Å². The predicted molar refractivity (Wildman–Crippen MR) is 61.5 cm³/mol. The maximum Gasteiger partial charge on any atom is 0.148 e. The van der Waals surface area contributed by atoms with Gasteiger partial charge in [0.15, 0.2) is 0 Å². The zero-order chi connectivity index (χ0) is 11.3. The van der Waals surface area contributed by atoms with Crippen molar-refractivity contribution in [1.82, 2.24) is 9.88 Å². The average molecular weight is 230 g/mol. The molecule has 0 saturated carbocycles. The smallest absolute Gasteiger partial charge is 0.148 e. The summed E-state index contributed by atoms with van der Waals surface area (Å²) in [5, 5.41) is 3.12. The molecular weight excluding hydrogens is 212 g/mol. The van der Waals surface area contributed by atoms with Crippen molar-refractivity contribution in [2.45, 2.75) is 20.0 Å². The van der Waals surface area contributed by atoms with Crippen LogP contribution in [0.1, 0.15) is 12.6 Å². The van der Waals surface area contributed by atoms with E-state index in [2.05, 4.69) is 16.8 Å². The molecule has 0 bridgehead atoms. The van der Waals surface area contributed by atoms with E-state index in [1.165, 1.54) is 11.9 Å². The Kier molecular flexibility index (Phi) is 4.35. The summed E-state index contributed by atoms with van der Waals surface area (Å²) in [5.41, 5.74) is 1.19. The van der Waals surface area contributed by atoms with Crippen molar-refractivity contribution in [3.63, 3.8) is 0 Å². The molecule has 1 heterocycles. The fourth-order valence-corrected chi connectivity index (χ4v) is 1.91. The highest BCUT2D eigenvalue weighted by Gasteiger charge is 2.02. The second kappa shape index (κ2) is 5.32. The average Bonchev–Trinajstić information content (AvgIpc) is 2.58. The molecule has 0 atom stereocenters. The Bertz CT molecular complexity index is 395. The highest BCUT2D eigenvalue weighted by molar-refractivity contribution is 7.90. The highest BCUT2D eigenvalue weighted by atomic mass is 32.2. The van der Waals surface area contributed by atoms with Crippen LogP contribution in [-0.4, -0.2) is 31.5 Å². The normalized spacial score (nSPS) is 11.9. The lowest BCUT2D eigenvalue weighted by atomic mass is 10.4. The van der Waals surface area contributed by atoms with Crippen LogP contribution in [0.15, 0.2) is 18.3 Å². The summed E-state index contributed by atoms with van der Waals surface area (Å²) >= 11 is 0. The quantitative estimate of drug-likeness (QED) is 0.730. The molecule has 4 nitrogen and oxygen atoms in total. The van der Waals surface area contributed by atoms with Crippen molar-refractivity contribution >= 4 is 9.84 Å². The first kappa shape index (κ1) is 12.3. The van der Waals surface area contributed by atoms with E-state index in [4.69, 9.17) is 0 Å². The van der Waals surface area contributed by atoms with Crippen molar-refractivity contribution in [1.29, 1.82) is 0 Å². The van der Waals surface area contributed by atoms with Crippen molar-refractivity contribution in [3.8, 4) is 0 Å². The molecule has 0 fully saturated rings. The van der Waals surface area contributed by atoms with Crippen molar-refractivity contribution in [3.05, 3.63) is 24.0 Å². The summed E-state index contributed by atoms with van der Waals surface area (Å²) in [6.07, 6.45) is 3.27. The first-order valence-corrected chi connectivity index (χ1v) is 7.11. The summed E-state index contributed by atoms with van der Waals surface area (Å²) in [7, 11) is -2.85. The number of nitrogens with one attached hydrogen (secondary N) is 1. The number of hydrogen-bond acceptors (Lipinski definition) is 3. The van der Waals surface area contributed by atoms with Crippen LogP contribution in [0.5, 0.6) is 0 Å². The monoisotopic (exact) mass is 230 g/mol. The lowest BCUT2D eigenvalue weighted by Gasteiger charge is -2.07. The first-order chi connectivity index (χ1) is 7.03. The van der Waals surface area contributed by atoms with Crippen molar-refractivity contribution in [2.24, 2.45) is 0 Å². The van der Waals surface area contributed by atoms with Gasteiger partial charge >= 0.3 is 0 Å². The van der Waals surface area contributed by atoms with Crippen LogP contribution in [0.2, 0.25) is 0 Å². The molecule has 1 aromatic heterocycles. The molecule has 0 aliphatic carbocycles. The molecule has 5 heteroatoms. The van der Waals surface area contributed by atoms with E-state index in [-0.39, 0.29) is 5.75 Å². The molecule has 15 heavy (non-hydrogen) atoms. The molecule has 0 aliphatic heterocycles. The molecule has 0 saturated heterocycles. The van der Waals surface area contributed by atoms with Gasteiger partial charge in [-0.25, -0.2) is 8.42 Å². The zero-order valence-corrected chi connectivity index (χ0v) is 10.0. The number of rotatable bonds is 6. The Balaban J connectivity index is 2.32. The van der Waals surface area contributed by atoms with E-state index in [1.54, 1.807) is 0 Å². The number of hydrogen-bond donors (Lipinski definition) is 1. The van der Waals surface area contributed by atoms with E-state index in [1.807, 2.05) is 18.3 Å². The van der Waals surface area contributed by atoms with Crippen LogP contribution in [0, 0.1) is 0 Å². The molecule has 0 radical (unpaired) electrons.